The standard InChI is InChI=1S/C13H10BrFN2O2S2/c14-8-1-3-9(4-2-8)17-21(18,19)10-5-6-12(15)11(7-10)13(16)20/h1-7,17H,(H2,16,20). The SMILES string of the molecule is NC(=S)c1cc(S(=O)(=O)Nc2ccc(Br)cc2)ccc1F. The average Bonchev–Trinajstić information content (AvgIpc) is 2.41. The van der Waals surface area contributed by atoms with Crippen LogP contribution in [0.4, 0.5) is 10.1 Å². The van der Waals surface area contributed by atoms with E-state index in [2.05, 4.69) is 20.7 Å². The Morgan fingerprint density at radius 2 is 1.81 bits per heavy atom. The number of anilines is 1. The molecule has 0 spiro atoms. The Hall–Kier alpha value is -1.51. The van der Waals surface area contributed by atoms with E-state index in [0.29, 0.717) is 5.69 Å². The van der Waals surface area contributed by atoms with Crippen molar-refractivity contribution in [1.82, 2.24) is 0 Å². The van der Waals surface area contributed by atoms with Crippen LogP contribution in [-0.2, 0) is 10.0 Å². The molecule has 21 heavy (non-hydrogen) atoms. The first kappa shape index (κ1) is 15.9. The third-order valence-corrected chi connectivity index (χ3v) is 4.74. The smallest absolute Gasteiger partial charge is 0.261 e. The first-order valence-electron chi connectivity index (χ1n) is 5.67. The van der Waals surface area contributed by atoms with E-state index in [1.165, 1.54) is 0 Å². The summed E-state index contributed by atoms with van der Waals surface area (Å²) in [6.45, 7) is 0. The van der Waals surface area contributed by atoms with Crippen LogP contribution in [0.15, 0.2) is 51.8 Å². The molecule has 0 saturated carbocycles. The van der Waals surface area contributed by atoms with E-state index in [4.69, 9.17) is 18.0 Å². The van der Waals surface area contributed by atoms with Gasteiger partial charge >= 0.3 is 0 Å². The highest BCUT2D eigenvalue weighted by Crippen LogP contribution is 2.20. The van der Waals surface area contributed by atoms with Gasteiger partial charge in [0.1, 0.15) is 10.8 Å². The van der Waals surface area contributed by atoms with Crippen LogP contribution in [0.25, 0.3) is 0 Å². The van der Waals surface area contributed by atoms with Gasteiger partial charge in [0.15, 0.2) is 0 Å². The molecular formula is C13H10BrFN2O2S2. The second-order valence-corrected chi connectivity index (χ2v) is 7.16. The van der Waals surface area contributed by atoms with Crippen molar-refractivity contribution in [3.05, 3.63) is 58.3 Å². The minimum Gasteiger partial charge on any atom is -0.389 e. The molecule has 0 aliphatic heterocycles. The number of hydrogen-bond acceptors (Lipinski definition) is 3. The molecule has 0 bridgehead atoms. The molecule has 0 aliphatic carbocycles. The van der Waals surface area contributed by atoms with E-state index < -0.39 is 15.8 Å². The molecular weight excluding hydrogens is 379 g/mol. The molecule has 0 fully saturated rings. The summed E-state index contributed by atoms with van der Waals surface area (Å²) in [4.78, 5) is -0.317. The molecule has 0 unspecified atom stereocenters. The topological polar surface area (TPSA) is 72.2 Å². The Balaban J connectivity index is 2.38. The van der Waals surface area contributed by atoms with Crippen molar-refractivity contribution in [2.45, 2.75) is 4.90 Å². The normalized spacial score (nSPS) is 11.1. The van der Waals surface area contributed by atoms with Gasteiger partial charge < -0.3 is 5.73 Å². The van der Waals surface area contributed by atoms with Crippen molar-refractivity contribution in [2.24, 2.45) is 5.73 Å². The fourth-order valence-electron chi connectivity index (χ4n) is 1.59. The lowest BCUT2D eigenvalue weighted by Gasteiger charge is -2.10. The summed E-state index contributed by atoms with van der Waals surface area (Å²) in [5.74, 6) is -0.662. The van der Waals surface area contributed by atoms with Gasteiger partial charge in [0.05, 0.1) is 4.90 Å². The fourth-order valence-corrected chi connectivity index (χ4v) is 3.10. The number of nitrogens with one attached hydrogen (secondary N) is 1. The molecule has 0 heterocycles. The minimum atomic E-state index is -3.85. The monoisotopic (exact) mass is 388 g/mol. The largest absolute Gasteiger partial charge is 0.389 e. The van der Waals surface area contributed by atoms with Crippen LogP contribution in [-0.4, -0.2) is 13.4 Å². The van der Waals surface area contributed by atoms with Gasteiger partial charge in [-0.2, -0.15) is 0 Å². The van der Waals surface area contributed by atoms with E-state index in [0.717, 1.165) is 22.7 Å². The maximum Gasteiger partial charge on any atom is 0.261 e. The quantitative estimate of drug-likeness (QED) is 0.789. The van der Waals surface area contributed by atoms with Crippen molar-refractivity contribution in [3.63, 3.8) is 0 Å². The zero-order valence-corrected chi connectivity index (χ0v) is 13.7. The zero-order chi connectivity index (χ0) is 15.6. The number of benzene rings is 2. The van der Waals surface area contributed by atoms with Gasteiger partial charge in [0.25, 0.3) is 10.0 Å². The van der Waals surface area contributed by atoms with E-state index in [1.807, 2.05) is 0 Å². The highest BCUT2D eigenvalue weighted by Gasteiger charge is 2.17. The average molecular weight is 389 g/mol. The van der Waals surface area contributed by atoms with Crippen molar-refractivity contribution >= 4 is 48.8 Å². The minimum absolute atomic E-state index is 0.108. The fraction of sp³-hybridized carbons (Fsp3) is 0. The second-order valence-electron chi connectivity index (χ2n) is 4.12. The maximum atomic E-state index is 13.5. The summed E-state index contributed by atoms with van der Waals surface area (Å²) in [6, 6.07) is 9.87. The second kappa shape index (κ2) is 6.08. The summed E-state index contributed by atoms with van der Waals surface area (Å²) >= 11 is 7.95. The Labute approximate surface area is 135 Å². The summed E-state index contributed by atoms with van der Waals surface area (Å²) in [7, 11) is -3.85. The first-order valence-corrected chi connectivity index (χ1v) is 8.36. The number of thiocarbonyl (C=S) groups is 1. The lowest BCUT2D eigenvalue weighted by Crippen LogP contribution is -2.16. The number of halogens is 2. The highest BCUT2D eigenvalue weighted by molar-refractivity contribution is 9.10. The molecule has 0 atom stereocenters. The zero-order valence-electron chi connectivity index (χ0n) is 10.5. The van der Waals surface area contributed by atoms with E-state index >= 15 is 0 Å². The molecule has 0 saturated heterocycles. The molecule has 0 aromatic heterocycles. The first-order chi connectivity index (χ1) is 9.79. The predicted molar refractivity (Wildman–Crippen MR) is 87.2 cm³/mol. The molecule has 2 aromatic rings. The predicted octanol–water partition coefficient (Wildman–Crippen LogP) is 3.02. The Morgan fingerprint density at radius 1 is 1.19 bits per heavy atom. The van der Waals surface area contributed by atoms with Gasteiger partial charge in [-0.1, -0.05) is 28.1 Å². The molecule has 2 aromatic carbocycles. The molecule has 8 heteroatoms. The molecule has 4 nitrogen and oxygen atoms in total. The third kappa shape index (κ3) is 3.78. The van der Waals surface area contributed by atoms with Crippen molar-refractivity contribution in [1.29, 1.82) is 0 Å². The van der Waals surface area contributed by atoms with Crippen molar-refractivity contribution < 1.29 is 12.8 Å². The van der Waals surface area contributed by atoms with E-state index in [-0.39, 0.29) is 15.4 Å². The lowest BCUT2D eigenvalue weighted by atomic mass is 10.2. The molecule has 3 N–H and O–H groups in total. The summed E-state index contributed by atoms with van der Waals surface area (Å²) < 4.78 is 41.2. The van der Waals surface area contributed by atoms with Gasteiger partial charge in [-0.25, -0.2) is 12.8 Å². The van der Waals surface area contributed by atoms with Crippen LogP contribution in [0.5, 0.6) is 0 Å². The molecule has 110 valence electrons. The van der Waals surface area contributed by atoms with Gasteiger partial charge in [0, 0.05) is 15.7 Å². The molecule has 0 amide bonds. The Morgan fingerprint density at radius 3 is 2.38 bits per heavy atom. The van der Waals surface area contributed by atoms with Crippen molar-refractivity contribution in [2.75, 3.05) is 4.72 Å². The van der Waals surface area contributed by atoms with Crippen molar-refractivity contribution in [3.8, 4) is 0 Å². The summed E-state index contributed by atoms with van der Waals surface area (Å²) in [6.07, 6.45) is 0. The van der Waals surface area contributed by atoms with Crippen LogP contribution in [0.1, 0.15) is 5.56 Å². The lowest BCUT2D eigenvalue weighted by molar-refractivity contribution is 0.599. The molecule has 0 aliphatic rings. The van der Waals surface area contributed by atoms with E-state index in [1.54, 1.807) is 24.3 Å². The van der Waals surface area contributed by atoms with Gasteiger partial charge in [-0.05, 0) is 42.5 Å². The van der Waals surface area contributed by atoms with Crippen LogP contribution in [0.2, 0.25) is 0 Å². The third-order valence-electron chi connectivity index (χ3n) is 2.61. The number of hydrogen-bond donors (Lipinski definition) is 2. The van der Waals surface area contributed by atoms with Gasteiger partial charge in [-0.3, -0.25) is 4.72 Å². The summed E-state index contributed by atoms with van der Waals surface area (Å²) in [5.41, 5.74) is 5.65. The van der Waals surface area contributed by atoms with Crippen LogP contribution in [0, 0.1) is 5.82 Å². The Kier molecular flexibility index (Phi) is 4.60. The number of nitrogens with two attached hydrogens (primary N) is 1. The number of sulfonamides is 1. The maximum absolute atomic E-state index is 13.5. The van der Waals surface area contributed by atoms with Crippen LogP contribution >= 0.6 is 28.1 Å². The van der Waals surface area contributed by atoms with Gasteiger partial charge in [0.2, 0.25) is 0 Å². The van der Waals surface area contributed by atoms with Gasteiger partial charge in [-0.15, -0.1) is 0 Å². The van der Waals surface area contributed by atoms with Crippen LogP contribution in [0.3, 0.4) is 0 Å². The highest BCUT2D eigenvalue weighted by atomic mass is 79.9. The van der Waals surface area contributed by atoms with Crippen LogP contribution < -0.4 is 10.5 Å². The Bertz CT molecular complexity index is 792. The molecule has 2 rings (SSSR count). The molecule has 0 radical (unpaired) electrons. The summed E-state index contributed by atoms with van der Waals surface area (Å²) in [5, 5.41) is 0. The number of rotatable bonds is 4. The van der Waals surface area contributed by atoms with E-state index in [9.17, 15) is 12.8 Å².